The minimum atomic E-state index is 0.336. The second kappa shape index (κ2) is 4.12. The van der Waals surface area contributed by atoms with Crippen molar-refractivity contribution in [3.8, 4) is 0 Å². The molecule has 0 aliphatic heterocycles. The van der Waals surface area contributed by atoms with E-state index in [-0.39, 0.29) is 0 Å². The topological polar surface area (TPSA) is 0 Å². The molecular formula is C20H30. The molecule has 1 aromatic carbocycles. The van der Waals surface area contributed by atoms with Crippen molar-refractivity contribution in [1.82, 2.24) is 0 Å². The zero-order valence-electron chi connectivity index (χ0n) is 14.2. The Labute approximate surface area is 125 Å². The zero-order valence-corrected chi connectivity index (χ0v) is 14.2. The lowest BCUT2D eigenvalue weighted by Crippen LogP contribution is -2.38. The summed E-state index contributed by atoms with van der Waals surface area (Å²) in [6.07, 6.45) is 6.77. The molecule has 0 bridgehead atoms. The average Bonchev–Trinajstić information content (AvgIpc) is 2.43. The highest BCUT2D eigenvalue weighted by Gasteiger charge is 2.45. The lowest BCUT2D eigenvalue weighted by atomic mass is 9.58. The molecule has 1 aromatic rings. The Morgan fingerprint density at radius 3 is 2.15 bits per heavy atom. The second-order valence-electron chi connectivity index (χ2n) is 8.86. The molecule has 0 nitrogen and oxygen atoms in total. The first kappa shape index (κ1) is 14.2. The maximum atomic E-state index is 2.53. The van der Waals surface area contributed by atoms with E-state index in [9.17, 15) is 0 Å². The van der Waals surface area contributed by atoms with E-state index in [1.165, 1.54) is 37.7 Å². The van der Waals surface area contributed by atoms with Crippen LogP contribution >= 0.6 is 0 Å². The largest absolute Gasteiger partial charge is 0.0587 e. The van der Waals surface area contributed by atoms with E-state index in [0.29, 0.717) is 16.2 Å². The number of hydrogen-bond acceptors (Lipinski definition) is 0. The Morgan fingerprint density at radius 1 is 0.750 bits per heavy atom. The summed E-state index contributed by atoms with van der Waals surface area (Å²) in [5.41, 5.74) is 7.66. The van der Waals surface area contributed by atoms with Crippen LogP contribution in [0.3, 0.4) is 0 Å². The summed E-state index contributed by atoms with van der Waals surface area (Å²) in [6, 6.07) is 4.83. The summed E-state index contributed by atoms with van der Waals surface area (Å²) in [6.45, 7) is 14.7. The van der Waals surface area contributed by atoms with Crippen LogP contribution in [0.25, 0.3) is 0 Å². The van der Waals surface area contributed by atoms with Gasteiger partial charge in [-0.3, -0.25) is 0 Å². The number of hydrogen-bond donors (Lipinski definition) is 0. The Bertz CT molecular complexity index is 547. The molecule has 0 N–H and O–H groups in total. The van der Waals surface area contributed by atoms with Crippen LogP contribution in [-0.4, -0.2) is 0 Å². The van der Waals surface area contributed by atoms with Crippen molar-refractivity contribution in [3.05, 3.63) is 34.4 Å². The summed E-state index contributed by atoms with van der Waals surface area (Å²) in [5, 5.41) is 0. The van der Waals surface area contributed by atoms with Crippen molar-refractivity contribution in [2.45, 2.75) is 89.9 Å². The zero-order chi connectivity index (χ0) is 14.8. The number of aryl methyl sites for hydroxylation is 1. The van der Waals surface area contributed by atoms with Crippen LogP contribution in [0, 0.1) is 6.92 Å². The third-order valence-electron chi connectivity index (χ3n) is 6.26. The minimum absolute atomic E-state index is 0.336. The first-order chi connectivity index (χ1) is 9.17. The molecule has 0 radical (unpaired) electrons. The summed E-state index contributed by atoms with van der Waals surface area (Å²) in [5.74, 6) is 0. The van der Waals surface area contributed by atoms with Gasteiger partial charge in [0.25, 0.3) is 0 Å². The lowest BCUT2D eigenvalue weighted by molar-refractivity contribution is 0.294. The Hall–Kier alpha value is -0.780. The molecule has 0 saturated carbocycles. The van der Waals surface area contributed by atoms with Crippen LogP contribution in [0.15, 0.2) is 12.1 Å². The van der Waals surface area contributed by atoms with Gasteiger partial charge in [0.2, 0.25) is 0 Å². The van der Waals surface area contributed by atoms with Gasteiger partial charge in [-0.1, -0.05) is 53.2 Å². The molecular weight excluding hydrogens is 240 g/mol. The third kappa shape index (κ3) is 1.87. The standard InChI is InChI=1S/C20H30/c1-14-8-9-15-17-16(14)19(4,5)12-13-20(17,6)11-7-10-18(15,2)3/h8-9H,7,10-13H2,1-6H3. The van der Waals surface area contributed by atoms with Crippen molar-refractivity contribution >= 4 is 0 Å². The molecule has 2 aliphatic rings. The fourth-order valence-electron chi connectivity index (χ4n) is 4.91. The smallest absolute Gasteiger partial charge is 0.00690 e. The maximum Gasteiger partial charge on any atom is -0.00690 e. The van der Waals surface area contributed by atoms with E-state index in [1.54, 1.807) is 16.7 Å². The van der Waals surface area contributed by atoms with Crippen LogP contribution in [0.4, 0.5) is 0 Å². The van der Waals surface area contributed by atoms with Gasteiger partial charge >= 0.3 is 0 Å². The van der Waals surface area contributed by atoms with Gasteiger partial charge in [-0.05, 0) is 71.1 Å². The summed E-state index contributed by atoms with van der Waals surface area (Å²) >= 11 is 0. The van der Waals surface area contributed by atoms with Gasteiger partial charge in [-0.15, -0.1) is 0 Å². The lowest BCUT2D eigenvalue weighted by Gasteiger charge is -2.46. The van der Waals surface area contributed by atoms with Crippen LogP contribution in [0.5, 0.6) is 0 Å². The van der Waals surface area contributed by atoms with E-state index in [4.69, 9.17) is 0 Å². The van der Waals surface area contributed by atoms with Crippen molar-refractivity contribution < 1.29 is 0 Å². The molecule has 1 unspecified atom stereocenters. The van der Waals surface area contributed by atoms with Gasteiger partial charge in [0.05, 0.1) is 0 Å². The van der Waals surface area contributed by atoms with Gasteiger partial charge in [0, 0.05) is 0 Å². The molecule has 0 heteroatoms. The van der Waals surface area contributed by atoms with Crippen molar-refractivity contribution in [2.24, 2.45) is 0 Å². The molecule has 0 saturated heterocycles. The quantitative estimate of drug-likeness (QED) is 0.560. The highest BCUT2D eigenvalue weighted by molar-refractivity contribution is 5.53. The summed E-state index contributed by atoms with van der Waals surface area (Å²) < 4.78 is 0. The monoisotopic (exact) mass is 270 g/mol. The molecule has 110 valence electrons. The highest BCUT2D eigenvalue weighted by atomic mass is 14.5. The van der Waals surface area contributed by atoms with Crippen molar-refractivity contribution in [3.63, 3.8) is 0 Å². The van der Waals surface area contributed by atoms with Crippen LogP contribution in [0.2, 0.25) is 0 Å². The van der Waals surface area contributed by atoms with E-state index >= 15 is 0 Å². The fourth-order valence-corrected chi connectivity index (χ4v) is 4.91. The first-order valence-corrected chi connectivity index (χ1v) is 8.32. The molecule has 0 amide bonds. The number of benzene rings is 1. The van der Waals surface area contributed by atoms with Gasteiger partial charge < -0.3 is 0 Å². The predicted molar refractivity (Wildman–Crippen MR) is 87.7 cm³/mol. The van der Waals surface area contributed by atoms with Crippen molar-refractivity contribution in [1.29, 1.82) is 0 Å². The van der Waals surface area contributed by atoms with E-state index in [0.717, 1.165) is 0 Å². The van der Waals surface area contributed by atoms with Crippen molar-refractivity contribution in [2.75, 3.05) is 0 Å². The Balaban J connectivity index is 2.38. The fraction of sp³-hybridized carbons (Fsp3) is 0.700. The maximum absolute atomic E-state index is 2.53. The molecule has 20 heavy (non-hydrogen) atoms. The van der Waals surface area contributed by atoms with Gasteiger partial charge in [0.1, 0.15) is 0 Å². The van der Waals surface area contributed by atoms with E-state index < -0.39 is 0 Å². The molecule has 0 heterocycles. The molecule has 0 aromatic heterocycles. The van der Waals surface area contributed by atoms with E-state index in [1.807, 2.05) is 0 Å². The second-order valence-corrected chi connectivity index (χ2v) is 8.86. The highest BCUT2D eigenvalue weighted by Crippen LogP contribution is 2.54. The summed E-state index contributed by atoms with van der Waals surface area (Å²) in [4.78, 5) is 0. The van der Waals surface area contributed by atoms with Gasteiger partial charge in [0.15, 0.2) is 0 Å². The van der Waals surface area contributed by atoms with E-state index in [2.05, 4.69) is 53.7 Å². The van der Waals surface area contributed by atoms with Crippen LogP contribution < -0.4 is 0 Å². The summed E-state index contributed by atoms with van der Waals surface area (Å²) in [7, 11) is 0. The van der Waals surface area contributed by atoms with Gasteiger partial charge in [-0.2, -0.15) is 0 Å². The average molecular weight is 270 g/mol. The molecule has 1 atom stereocenters. The Kier molecular flexibility index (Phi) is 2.92. The van der Waals surface area contributed by atoms with Crippen LogP contribution in [-0.2, 0) is 16.2 Å². The van der Waals surface area contributed by atoms with Gasteiger partial charge in [-0.25, -0.2) is 0 Å². The SMILES string of the molecule is Cc1ccc2c3c1C(C)(C)CCC3(C)CCCC2(C)C. The molecule has 0 fully saturated rings. The van der Waals surface area contributed by atoms with Crippen LogP contribution in [0.1, 0.15) is 89.0 Å². The molecule has 2 aliphatic carbocycles. The third-order valence-corrected chi connectivity index (χ3v) is 6.26. The minimum Gasteiger partial charge on any atom is -0.0587 e. The molecule has 0 spiro atoms. The predicted octanol–water partition coefficient (Wildman–Crippen LogP) is 5.79. The normalized spacial score (nSPS) is 30.5. The number of rotatable bonds is 0. The first-order valence-electron chi connectivity index (χ1n) is 8.32. The molecule has 3 rings (SSSR count). The Morgan fingerprint density at radius 2 is 1.45 bits per heavy atom.